The molecule has 0 radical (unpaired) electrons. The van der Waals surface area contributed by atoms with Crippen molar-refractivity contribution < 1.29 is 4.79 Å². The molecule has 0 saturated carbocycles. The number of rotatable bonds is 6. The standard InChI is InChI=1S/C13H22N2O/c1-5-11(4)15-8-7-12(14-15)9-10(3)13(16)6-2/h7-8,10-11H,5-6,9H2,1-4H3. The molecule has 0 aliphatic heterocycles. The van der Waals surface area contributed by atoms with E-state index in [0.29, 0.717) is 18.2 Å². The first kappa shape index (κ1) is 12.9. The summed E-state index contributed by atoms with van der Waals surface area (Å²) in [5.41, 5.74) is 1.02. The Morgan fingerprint density at radius 2 is 2.12 bits per heavy atom. The van der Waals surface area contributed by atoms with E-state index in [4.69, 9.17) is 0 Å². The van der Waals surface area contributed by atoms with E-state index < -0.39 is 0 Å². The molecule has 0 spiro atoms. The topological polar surface area (TPSA) is 34.9 Å². The summed E-state index contributed by atoms with van der Waals surface area (Å²) in [6.07, 6.45) is 4.46. The van der Waals surface area contributed by atoms with Crippen molar-refractivity contribution in [1.82, 2.24) is 9.78 Å². The second-order valence-electron chi connectivity index (χ2n) is 4.47. The number of carbonyl (C=O) groups excluding carboxylic acids is 1. The number of aromatic nitrogens is 2. The fraction of sp³-hybridized carbons (Fsp3) is 0.692. The van der Waals surface area contributed by atoms with Crippen molar-refractivity contribution in [2.75, 3.05) is 0 Å². The van der Waals surface area contributed by atoms with Crippen LogP contribution in [-0.4, -0.2) is 15.6 Å². The Kier molecular flexibility index (Phi) is 4.71. The van der Waals surface area contributed by atoms with Gasteiger partial charge >= 0.3 is 0 Å². The number of Topliss-reactive ketones (excluding diaryl/α,β-unsaturated/α-hetero) is 1. The molecule has 0 fully saturated rings. The van der Waals surface area contributed by atoms with E-state index in [9.17, 15) is 4.79 Å². The lowest BCUT2D eigenvalue weighted by Gasteiger charge is -2.09. The highest BCUT2D eigenvalue weighted by molar-refractivity contribution is 5.80. The predicted molar refractivity (Wildman–Crippen MR) is 65.4 cm³/mol. The van der Waals surface area contributed by atoms with Gasteiger partial charge in [-0.3, -0.25) is 9.48 Å². The second kappa shape index (κ2) is 5.83. The maximum Gasteiger partial charge on any atom is 0.135 e. The van der Waals surface area contributed by atoms with Crippen LogP contribution in [0, 0.1) is 5.92 Å². The van der Waals surface area contributed by atoms with Gasteiger partial charge in [0.2, 0.25) is 0 Å². The van der Waals surface area contributed by atoms with E-state index in [1.54, 1.807) is 0 Å². The van der Waals surface area contributed by atoms with Crippen LogP contribution < -0.4 is 0 Å². The van der Waals surface area contributed by atoms with E-state index in [0.717, 1.165) is 18.5 Å². The highest BCUT2D eigenvalue weighted by atomic mass is 16.1. The third kappa shape index (κ3) is 3.19. The smallest absolute Gasteiger partial charge is 0.135 e. The number of ketones is 1. The first-order valence-electron chi connectivity index (χ1n) is 6.15. The summed E-state index contributed by atoms with van der Waals surface area (Å²) in [5, 5.41) is 4.50. The van der Waals surface area contributed by atoms with Crippen LogP contribution in [-0.2, 0) is 11.2 Å². The first-order chi connectivity index (χ1) is 7.58. The zero-order valence-corrected chi connectivity index (χ0v) is 10.7. The van der Waals surface area contributed by atoms with Crippen LogP contribution in [0.25, 0.3) is 0 Å². The maximum atomic E-state index is 11.5. The van der Waals surface area contributed by atoms with Crippen molar-refractivity contribution in [3.63, 3.8) is 0 Å². The van der Waals surface area contributed by atoms with Gasteiger partial charge in [-0.1, -0.05) is 20.8 Å². The van der Waals surface area contributed by atoms with Gasteiger partial charge in [0, 0.05) is 31.0 Å². The highest BCUT2D eigenvalue weighted by Crippen LogP contribution is 2.13. The van der Waals surface area contributed by atoms with Crippen molar-refractivity contribution in [3.05, 3.63) is 18.0 Å². The van der Waals surface area contributed by atoms with Gasteiger partial charge in [-0.25, -0.2) is 0 Å². The summed E-state index contributed by atoms with van der Waals surface area (Å²) in [7, 11) is 0. The zero-order valence-electron chi connectivity index (χ0n) is 10.7. The number of carbonyl (C=O) groups is 1. The molecule has 1 heterocycles. The molecular weight excluding hydrogens is 200 g/mol. The molecule has 0 saturated heterocycles. The Morgan fingerprint density at radius 3 is 2.69 bits per heavy atom. The predicted octanol–water partition coefficient (Wildman–Crippen LogP) is 3.01. The first-order valence-corrected chi connectivity index (χ1v) is 6.15. The minimum atomic E-state index is 0.0882. The van der Waals surface area contributed by atoms with Crippen LogP contribution in [0.15, 0.2) is 12.3 Å². The lowest BCUT2D eigenvalue weighted by Crippen LogP contribution is -2.13. The Labute approximate surface area is 97.8 Å². The molecule has 3 nitrogen and oxygen atoms in total. The number of hydrogen-bond acceptors (Lipinski definition) is 2. The summed E-state index contributed by atoms with van der Waals surface area (Å²) in [6, 6.07) is 2.46. The van der Waals surface area contributed by atoms with Crippen molar-refractivity contribution in [1.29, 1.82) is 0 Å². The Hall–Kier alpha value is -1.12. The third-order valence-corrected chi connectivity index (χ3v) is 3.12. The van der Waals surface area contributed by atoms with Gasteiger partial charge in [0.1, 0.15) is 5.78 Å². The van der Waals surface area contributed by atoms with Gasteiger partial charge in [0.05, 0.1) is 5.69 Å². The maximum absolute atomic E-state index is 11.5. The Bertz CT molecular complexity index is 343. The normalized spacial score (nSPS) is 14.8. The van der Waals surface area contributed by atoms with Gasteiger partial charge in [-0.2, -0.15) is 5.10 Å². The van der Waals surface area contributed by atoms with E-state index in [-0.39, 0.29) is 5.92 Å². The van der Waals surface area contributed by atoms with E-state index in [1.807, 2.05) is 30.8 Å². The van der Waals surface area contributed by atoms with Crippen molar-refractivity contribution in [2.24, 2.45) is 5.92 Å². The summed E-state index contributed by atoms with van der Waals surface area (Å²) < 4.78 is 1.98. The fourth-order valence-corrected chi connectivity index (χ4v) is 1.69. The molecule has 0 amide bonds. The highest BCUT2D eigenvalue weighted by Gasteiger charge is 2.13. The van der Waals surface area contributed by atoms with E-state index >= 15 is 0 Å². The van der Waals surface area contributed by atoms with Crippen LogP contribution in [0.4, 0.5) is 0 Å². The van der Waals surface area contributed by atoms with Crippen LogP contribution in [0.2, 0.25) is 0 Å². The number of hydrogen-bond donors (Lipinski definition) is 0. The molecule has 1 aromatic heterocycles. The van der Waals surface area contributed by atoms with Gasteiger partial charge in [-0.05, 0) is 19.4 Å². The van der Waals surface area contributed by atoms with Crippen molar-refractivity contribution >= 4 is 5.78 Å². The molecule has 0 aliphatic carbocycles. The van der Waals surface area contributed by atoms with Crippen LogP contribution in [0.3, 0.4) is 0 Å². The van der Waals surface area contributed by atoms with Crippen molar-refractivity contribution in [2.45, 2.75) is 53.0 Å². The fourth-order valence-electron chi connectivity index (χ4n) is 1.69. The molecule has 2 atom stereocenters. The monoisotopic (exact) mass is 222 g/mol. The van der Waals surface area contributed by atoms with Crippen LogP contribution in [0.1, 0.15) is 52.3 Å². The molecule has 0 aliphatic rings. The second-order valence-corrected chi connectivity index (χ2v) is 4.47. The molecule has 90 valence electrons. The van der Waals surface area contributed by atoms with E-state index in [1.165, 1.54) is 0 Å². The van der Waals surface area contributed by atoms with Crippen LogP contribution >= 0.6 is 0 Å². The molecule has 3 heteroatoms. The molecule has 1 aromatic rings. The molecule has 0 N–H and O–H groups in total. The Balaban J connectivity index is 2.61. The third-order valence-electron chi connectivity index (χ3n) is 3.12. The van der Waals surface area contributed by atoms with E-state index in [2.05, 4.69) is 18.9 Å². The summed E-state index contributed by atoms with van der Waals surface area (Å²) >= 11 is 0. The molecule has 2 unspecified atom stereocenters. The summed E-state index contributed by atoms with van der Waals surface area (Å²) in [6.45, 7) is 8.19. The quantitative estimate of drug-likeness (QED) is 0.741. The van der Waals surface area contributed by atoms with Gasteiger partial charge in [-0.15, -0.1) is 0 Å². The summed E-state index contributed by atoms with van der Waals surface area (Å²) in [5.74, 6) is 0.406. The number of nitrogens with zero attached hydrogens (tertiary/aromatic N) is 2. The molecule has 16 heavy (non-hydrogen) atoms. The average molecular weight is 222 g/mol. The van der Waals surface area contributed by atoms with Crippen LogP contribution in [0.5, 0.6) is 0 Å². The van der Waals surface area contributed by atoms with Crippen molar-refractivity contribution in [3.8, 4) is 0 Å². The minimum absolute atomic E-state index is 0.0882. The summed E-state index contributed by atoms with van der Waals surface area (Å²) in [4.78, 5) is 11.5. The molecule has 0 bridgehead atoms. The minimum Gasteiger partial charge on any atom is -0.299 e. The Morgan fingerprint density at radius 1 is 1.44 bits per heavy atom. The largest absolute Gasteiger partial charge is 0.299 e. The lowest BCUT2D eigenvalue weighted by atomic mass is 9.99. The van der Waals surface area contributed by atoms with Gasteiger partial charge < -0.3 is 0 Å². The molecule has 1 rings (SSSR count). The lowest BCUT2D eigenvalue weighted by molar-refractivity contribution is -0.122. The zero-order chi connectivity index (χ0) is 12.1. The molecular formula is C13H22N2O. The van der Waals surface area contributed by atoms with Gasteiger partial charge in [0.15, 0.2) is 0 Å². The average Bonchev–Trinajstić information content (AvgIpc) is 2.75. The SMILES string of the molecule is CCC(=O)C(C)Cc1ccn(C(C)CC)n1. The molecule has 0 aromatic carbocycles. The van der Waals surface area contributed by atoms with Gasteiger partial charge in [0.25, 0.3) is 0 Å².